The van der Waals surface area contributed by atoms with Crippen molar-refractivity contribution in [3.05, 3.63) is 33.7 Å². The number of nitrogens with zero attached hydrogens (tertiary/aromatic N) is 4. The summed E-state index contributed by atoms with van der Waals surface area (Å²) in [6, 6.07) is 3.70. The van der Waals surface area contributed by atoms with Gasteiger partial charge >= 0.3 is 0 Å². The summed E-state index contributed by atoms with van der Waals surface area (Å²) < 4.78 is 11.3. The molecule has 1 atom stereocenters. The van der Waals surface area contributed by atoms with Crippen LogP contribution in [0.25, 0.3) is 0 Å². The summed E-state index contributed by atoms with van der Waals surface area (Å²) in [5.41, 5.74) is 0.405. The Hall–Kier alpha value is -2.24. The van der Waals surface area contributed by atoms with Crippen molar-refractivity contribution in [2.75, 3.05) is 19.7 Å². The van der Waals surface area contributed by atoms with Crippen molar-refractivity contribution in [2.24, 2.45) is 0 Å². The molecular formula is C15H16N4O3S. The van der Waals surface area contributed by atoms with Gasteiger partial charge in [0.15, 0.2) is 6.10 Å². The Morgan fingerprint density at radius 1 is 1.52 bits per heavy atom. The van der Waals surface area contributed by atoms with Gasteiger partial charge in [-0.25, -0.2) is 0 Å². The molecule has 2 aromatic heterocycles. The van der Waals surface area contributed by atoms with Crippen LogP contribution < -0.4 is 0 Å². The van der Waals surface area contributed by atoms with Gasteiger partial charge in [0.25, 0.3) is 5.91 Å². The van der Waals surface area contributed by atoms with Gasteiger partial charge in [-0.3, -0.25) is 4.79 Å². The van der Waals surface area contributed by atoms with E-state index in [0.29, 0.717) is 41.9 Å². The normalized spacial score (nSPS) is 18.2. The number of nitriles is 1. The first-order valence-electron chi connectivity index (χ1n) is 7.32. The predicted octanol–water partition coefficient (Wildman–Crippen LogP) is 2.34. The van der Waals surface area contributed by atoms with Gasteiger partial charge in [-0.05, 0) is 11.4 Å². The molecule has 0 spiro atoms. The number of hydrogen-bond donors (Lipinski definition) is 0. The molecule has 0 radical (unpaired) electrons. The molecule has 0 aliphatic carbocycles. The average molecular weight is 332 g/mol. The fourth-order valence-electron chi connectivity index (χ4n) is 2.30. The van der Waals surface area contributed by atoms with Gasteiger partial charge in [-0.1, -0.05) is 13.8 Å². The molecule has 0 bridgehead atoms. The topological polar surface area (TPSA) is 92.2 Å². The molecule has 1 amide bonds. The Morgan fingerprint density at radius 2 is 2.35 bits per heavy atom. The number of ether oxygens (including phenoxy) is 1. The van der Waals surface area contributed by atoms with Crippen molar-refractivity contribution in [3.63, 3.8) is 0 Å². The number of rotatable bonds is 3. The highest BCUT2D eigenvalue weighted by Gasteiger charge is 2.31. The van der Waals surface area contributed by atoms with E-state index in [4.69, 9.17) is 14.4 Å². The van der Waals surface area contributed by atoms with Gasteiger partial charge < -0.3 is 14.1 Å². The first-order valence-corrected chi connectivity index (χ1v) is 8.20. The van der Waals surface area contributed by atoms with Crippen molar-refractivity contribution >= 4 is 17.2 Å². The Kier molecular flexibility index (Phi) is 4.41. The average Bonchev–Trinajstić information content (AvgIpc) is 3.23. The molecule has 1 aliphatic heterocycles. The molecule has 120 valence electrons. The highest BCUT2D eigenvalue weighted by molar-refractivity contribution is 7.12. The van der Waals surface area contributed by atoms with E-state index in [-0.39, 0.29) is 11.8 Å². The first kappa shape index (κ1) is 15.6. The van der Waals surface area contributed by atoms with Crippen LogP contribution in [0.15, 0.2) is 15.9 Å². The lowest BCUT2D eigenvalue weighted by molar-refractivity contribution is -0.0349. The molecule has 0 saturated carbocycles. The van der Waals surface area contributed by atoms with E-state index in [1.165, 1.54) is 11.3 Å². The second-order valence-electron chi connectivity index (χ2n) is 5.52. The van der Waals surface area contributed by atoms with E-state index in [0.717, 1.165) is 0 Å². The monoisotopic (exact) mass is 332 g/mol. The van der Waals surface area contributed by atoms with Gasteiger partial charge in [-0.15, -0.1) is 21.5 Å². The number of carbonyl (C=O) groups is 1. The molecule has 8 heteroatoms. The van der Waals surface area contributed by atoms with Crippen molar-refractivity contribution in [1.29, 1.82) is 5.26 Å². The maximum absolute atomic E-state index is 12.6. The molecular weight excluding hydrogens is 316 g/mol. The standard InChI is InChI=1S/C15H16N4O3S/c1-9(2)13-17-18-14(22-13)11-8-19(4-5-21-11)15(20)12-10(7-16)3-6-23-12/h3,6,9,11H,4-5,8H2,1-2H3/t11-/m1/s1. The summed E-state index contributed by atoms with van der Waals surface area (Å²) >= 11 is 1.28. The van der Waals surface area contributed by atoms with Gasteiger partial charge in [0, 0.05) is 12.5 Å². The summed E-state index contributed by atoms with van der Waals surface area (Å²) in [5.74, 6) is 0.922. The molecule has 2 aromatic rings. The lowest BCUT2D eigenvalue weighted by atomic mass is 10.2. The SMILES string of the molecule is CC(C)c1nnc([C@H]2CN(C(=O)c3sccc3C#N)CCO2)o1. The van der Waals surface area contributed by atoms with E-state index in [1.807, 2.05) is 19.9 Å². The number of morpholine rings is 1. The zero-order chi connectivity index (χ0) is 16.4. The Morgan fingerprint density at radius 3 is 3.04 bits per heavy atom. The number of aromatic nitrogens is 2. The number of carbonyl (C=O) groups excluding carboxylic acids is 1. The van der Waals surface area contributed by atoms with Crippen molar-refractivity contribution in [1.82, 2.24) is 15.1 Å². The van der Waals surface area contributed by atoms with Crippen LogP contribution in [0.5, 0.6) is 0 Å². The molecule has 1 aliphatic rings. The molecule has 3 heterocycles. The minimum atomic E-state index is -0.432. The second-order valence-corrected chi connectivity index (χ2v) is 6.44. The summed E-state index contributed by atoms with van der Waals surface area (Å²) in [4.78, 5) is 14.7. The Balaban J connectivity index is 1.75. The van der Waals surface area contributed by atoms with Gasteiger partial charge in [-0.2, -0.15) is 5.26 Å². The van der Waals surface area contributed by atoms with Gasteiger partial charge in [0.05, 0.1) is 18.7 Å². The number of hydrogen-bond acceptors (Lipinski definition) is 7. The zero-order valence-corrected chi connectivity index (χ0v) is 13.7. The van der Waals surface area contributed by atoms with Crippen LogP contribution in [0, 0.1) is 11.3 Å². The van der Waals surface area contributed by atoms with Crippen LogP contribution in [0.3, 0.4) is 0 Å². The van der Waals surface area contributed by atoms with Crippen LogP contribution in [-0.2, 0) is 4.74 Å². The molecule has 1 saturated heterocycles. The third kappa shape index (κ3) is 3.11. The molecule has 1 fully saturated rings. The highest BCUT2D eigenvalue weighted by atomic mass is 32.1. The molecule has 3 rings (SSSR count). The second kappa shape index (κ2) is 6.48. The lowest BCUT2D eigenvalue weighted by Gasteiger charge is -2.31. The summed E-state index contributed by atoms with van der Waals surface area (Å²) in [5, 5.41) is 18.8. The number of thiophene rings is 1. The van der Waals surface area contributed by atoms with Crippen LogP contribution in [0.2, 0.25) is 0 Å². The van der Waals surface area contributed by atoms with E-state index < -0.39 is 6.10 Å². The summed E-state index contributed by atoms with van der Waals surface area (Å²) in [7, 11) is 0. The fraction of sp³-hybridized carbons (Fsp3) is 0.467. The van der Waals surface area contributed by atoms with Crippen LogP contribution >= 0.6 is 11.3 Å². The molecule has 7 nitrogen and oxygen atoms in total. The third-order valence-electron chi connectivity index (χ3n) is 3.56. The van der Waals surface area contributed by atoms with E-state index in [2.05, 4.69) is 10.2 Å². The zero-order valence-electron chi connectivity index (χ0n) is 12.9. The third-order valence-corrected chi connectivity index (χ3v) is 4.46. The number of amides is 1. The molecule has 0 unspecified atom stereocenters. The fourth-order valence-corrected chi connectivity index (χ4v) is 3.11. The quantitative estimate of drug-likeness (QED) is 0.856. The minimum Gasteiger partial charge on any atom is -0.422 e. The van der Waals surface area contributed by atoms with Crippen molar-refractivity contribution in [2.45, 2.75) is 25.9 Å². The van der Waals surface area contributed by atoms with E-state index >= 15 is 0 Å². The lowest BCUT2D eigenvalue weighted by Crippen LogP contribution is -2.42. The van der Waals surface area contributed by atoms with Crippen LogP contribution in [0.4, 0.5) is 0 Å². The maximum atomic E-state index is 12.6. The van der Waals surface area contributed by atoms with E-state index in [9.17, 15) is 4.79 Å². The smallest absolute Gasteiger partial charge is 0.265 e. The molecule has 0 aromatic carbocycles. The van der Waals surface area contributed by atoms with Gasteiger partial charge in [0.2, 0.25) is 11.8 Å². The van der Waals surface area contributed by atoms with Crippen molar-refractivity contribution < 1.29 is 13.9 Å². The van der Waals surface area contributed by atoms with E-state index in [1.54, 1.807) is 16.3 Å². The van der Waals surface area contributed by atoms with Gasteiger partial charge in [0.1, 0.15) is 10.9 Å². The molecule has 23 heavy (non-hydrogen) atoms. The van der Waals surface area contributed by atoms with Crippen molar-refractivity contribution in [3.8, 4) is 6.07 Å². The summed E-state index contributed by atoms with van der Waals surface area (Å²) in [6.07, 6.45) is -0.432. The minimum absolute atomic E-state index is 0.141. The Bertz CT molecular complexity index is 746. The Labute approximate surface area is 137 Å². The highest BCUT2D eigenvalue weighted by Crippen LogP contribution is 2.26. The predicted molar refractivity (Wildman–Crippen MR) is 82.0 cm³/mol. The molecule has 0 N–H and O–H groups in total. The summed E-state index contributed by atoms with van der Waals surface area (Å²) in [6.45, 7) is 5.14. The maximum Gasteiger partial charge on any atom is 0.265 e. The van der Waals surface area contributed by atoms with Crippen LogP contribution in [0.1, 0.15) is 52.9 Å². The first-order chi connectivity index (χ1) is 11.1. The largest absolute Gasteiger partial charge is 0.422 e. The van der Waals surface area contributed by atoms with Crippen LogP contribution in [-0.4, -0.2) is 40.7 Å².